The van der Waals surface area contributed by atoms with Crippen molar-refractivity contribution in [1.29, 1.82) is 0 Å². The molecule has 0 spiro atoms. The fourth-order valence-corrected chi connectivity index (χ4v) is 2.74. The van der Waals surface area contributed by atoms with Crippen LogP contribution < -0.4 is 4.72 Å². The summed E-state index contributed by atoms with van der Waals surface area (Å²) in [6.45, 7) is 3.97. The average molecular weight is 292 g/mol. The van der Waals surface area contributed by atoms with Gasteiger partial charge in [0.1, 0.15) is 0 Å². The maximum absolute atomic E-state index is 11.9. The van der Waals surface area contributed by atoms with E-state index in [4.69, 9.17) is 11.6 Å². The Labute approximate surface area is 113 Å². The van der Waals surface area contributed by atoms with E-state index >= 15 is 0 Å². The minimum Gasteiger partial charge on any atom is -0.393 e. The van der Waals surface area contributed by atoms with E-state index in [0.29, 0.717) is 11.4 Å². The summed E-state index contributed by atoms with van der Waals surface area (Å²) in [4.78, 5) is 0.133. The Morgan fingerprint density at radius 2 is 2.06 bits per heavy atom. The molecule has 1 unspecified atom stereocenters. The second-order valence-corrected chi connectivity index (χ2v) is 6.66. The van der Waals surface area contributed by atoms with E-state index in [-0.39, 0.29) is 17.4 Å². The van der Waals surface area contributed by atoms with Gasteiger partial charge in [-0.05, 0) is 30.5 Å². The molecule has 1 atom stereocenters. The summed E-state index contributed by atoms with van der Waals surface area (Å²) in [5, 5.41) is 9.96. The van der Waals surface area contributed by atoms with Crippen LogP contribution >= 0.6 is 11.6 Å². The second kappa shape index (κ2) is 6.52. The van der Waals surface area contributed by atoms with E-state index in [1.165, 1.54) is 12.1 Å². The van der Waals surface area contributed by atoms with Crippen molar-refractivity contribution in [2.45, 2.75) is 31.3 Å². The first kappa shape index (κ1) is 15.4. The van der Waals surface area contributed by atoms with Crippen molar-refractivity contribution >= 4 is 21.6 Å². The normalized spacial score (nSPS) is 13.8. The molecule has 0 radical (unpaired) electrons. The van der Waals surface area contributed by atoms with Crippen LogP contribution in [0, 0.1) is 5.92 Å². The van der Waals surface area contributed by atoms with Crippen LogP contribution in [0.2, 0.25) is 5.02 Å². The van der Waals surface area contributed by atoms with Gasteiger partial charge in [-0.3, -0.25) is 0 Å². The number of halogens is 1. The zero-order chi connectivity index (χ0) is 13.8. The van der Waals surface area contributed by atoms with Gasteiger partial charge in [-0.1, -0.05) is 31.5 Å². The topological polar surface area (TPSA) is 66.4 Å². The Morgan fingerprint density at radius 1 is 1.39 bits per heavy atom. The number of rotatable bonds is 6. The Bertz CT molecular complexity index is 488. The summed E-state index contributed by atoms with van der Waals surface area (Å²) < 4.78 is 26.2. The predicted octanol–water partition coefficient (Wildman–Crippen LogP) is 2.03. The second-order valence-electron chi connectivity index (χ2n) is 4.46. The summed E-state index contributed by atoms with van der Waals surface area (Å²) in [5.41, 5.74) is 0. The minimum atomic E-state index is -3.55. The van der Waals surface area contributed by atoms with Gasteiger partial charge in [0.2, 0.25) is 10.0 Å². The molecule has 102 valence electrons. The SMILES string of the molecule is CC(C)C(O)CCNS(=O)(=O)c1cccc(Cl)c1. The van der Waals surface area contributed by atoms with Crippen LogP contribution in [0.1, 0.15) is 20.3 Å². The van der Waals surface area contributed by atoms with E-state index in [1.54, 1.807) is 12.1 Å². The first-order chi connectivity index (χ1) is 8.33. The number of hydrogen-bond acceptors (Lipinski definition) is 3. The van der Waals surface area contributed by atoms with Gasteiger partial charge in [-0.2, -0.15) is 0 Å². The van der Waals surface area contributed by atoms with Gasteiger partial charge >= 0.3 is 0 Å². The highest BCUT2D eigenvalue weighted by Gasteiger charge is 2.15. The van der Waals surface area contributed by atoms with Crippen LogP contribution in [-0.2, 0) is 10.0 Å². The minimum absolute atomic E-state index is 0.112. The van der Waals surface area contributed by atoms with Crippen molar-refractivity contribution in [2.24, 2.45) is 5.92 Å². The highest BCUT2D eigenvalue weighted by atomic mass is 35.5. The van der Waals surface area contributed by atoms with E-state index < -0.39 is 16.1 Å². The fourth-order valence-electron chi connectivity index (χ4n) is 1.39. The monoisotopic (exact) mass is 291 g/mol. The van der Waals surface area contributed by atoms with Crippen molar-refractivity contribution < 1.29 is 13.5 Å². The zero-order valence-corrected chi connectivity index (χ0v) is 12.0. The van der Waals surface area contributed by atoms with Crippen LogP contribution in [0.3, 0.4) is 0 Å². The van der Waals surface area contributed by atoms with Gasteiger partial charge in [-0.15, -0.1) is 0 Å². The van der Waals surface area contributed by atoms with Crippen LogP contribution in [0.5, 0.6) is 0 Å². The highest BCUT2D eigenvalue weighted by molar-refractivity contribution is 7.89. The standard InChI is InChI=1S/C12H18ClNO3S/c1-9(2)12(15)6-7-14-18(16,17)11-5-3-4-10(13)8-11/h3-5,8-9,12,14-15H,6-7H2,1-2H3. The molecule has 1 aromatic carbocycles. The maximum Gasteiger partial charge on any atom is 0.240 e. The van der Waals surface area contributed by atoms with Crippen LogP contribution in [0.15, 0.2) is 29.2 Å². The van der Waals surface area contributed by atoms with Crippen molar-refractivity contribution in [3.8, 4) is 0 Å². The van der Waals surface area contributed by atoms with Gasteiger partial charge in [0.05, 0.1) is 11.0 Å². The Hall–Kier alpha value is -0.620. The van der Waals surface area contributed by atoms with Crippen molar-refractivity contribution in [3.63, 3.8) is 0 Å². The van der Waals surface area contributed by atoms with Crippen LogP contribution in [0.25, 0.3) is 0 Å². The third kappa shape index (κ3) is 4.57. The Balaban J connectivity index is 2.61. The summed E-state index contributed by atoms with van der Waals surface area (Å²) in [6.07, 6.45) is -0.121. The lowest BCUT2D eigenvalue weighted by atomic mass is 10.1. The first-order valence-corrected chi connectivity index (χ1v) is 7.62. The molecule has 6 heteroatoms. The van der Waals surface area contributed by atoms with E-state index in [2.05, 4.69) is 4.72 Å². The lowest BCUT2D eigenvalue weighted by Gasteiger charge is -2.14. The zero-order valence-electron chi connectivity index (χ0n) is 10.4. The molecule has 0 heterocycles. The van der Waals surface area contributed by atoms with Gasteiger partial charge < -0.3 is 5.11 Å². The Morgan fingerprint density at radius 3 is 2.61 bits per heavy atom. The van der Waals surface area contributed by atoms with Crippen LogP contribution in [0.4, 0.5) is 0 Å². The van der Waals surface area contributed by atoms with Crippen molar-refractivity contribution in [1.82, 2.24) is 4.72 Å². The third-order valence-corrected chi connectivity index (χ3v) is 4.30. The number of nitrogens with one attached hydrogen (secondary N) is 1. The molecule has 0 bridgehead atoms. The van der Waals surface area contributed by atoms with Gasteiger partial charge in [0.25, 0.3) is 0 Å². The average Bonchev–Trinajstić information content (AvgIpc) is 2.28. The lowest BCUT2D eigenvalue weighted by Crippen LogP contribution is -2.28. The summed E-state index contributed by atoms with van der Waals surface area (Å²) in [5.74, 6) is 0.112. The van der Waals surface area contributed by atoms with Gasteiger partial charge in [0.15, 0.2) is 0 Å². The number of aliphatic hydroxyl groups excluding tert-OH is 1. The summed E-state index contributed by atoms with van der Waals surface area (Å²) >= 11 is 5.74. The predicted molar refractivity (Wildman–Crippen MR) is 72.1 cm³/mol. The number of sulfonamides is 1. The third-order valence-electron chi connectivity index (χ3n) is 2.61. The molecule has 0 saturated carbocycles. The molecule has 0 amide bonds. The molecule has 0 fully saturated rings. The molecule has 0 aliphatic carbocycles. The van der Waals surface area contributed by atoms with Gasteiger partial charge in [0, 0.05) is 11.6 Å². The molecule has 0 saturated heterocycles. The van der Waals surface area contributed by atoms with E-state index in [1.807, 2.05) is 13.8 Å². The smallest absolute Gasteiger partial charge is 0.240 e. The lowest BCUT2D eigenvalue weighted by molar-refractivity contribution is 0.118. The Kier molecular flexibility index (Phi) is 5.59. The number of aliphatic hydroxyl groups is 1. The largest absolute Gasteiger partial charge is 0.393 e. The molecule has 1 aromatic rings. The molecule has 0 aliphatic heterocycles. The van der Waals surface area contributed by atoms with Crippen LogP contribution in [-0.4, -0.2) is 26.2 Å². The molecular formula is C12H18ClNO3S. The summed E-state index contributed by atoms with van der Waals surface area (Å²) in [7, 11) is -3.55. The van der Waals surface area contributed by atoms with E-state index in [0.717, 1.165) is 0 Å². The summed E-state index contributed by atoms with van der Waals surface area (Å²) in [6, 6.07) is 6.07. The molecular weight excluding hydrogens is 274 g/mol. The fraction of sp³-hybridized carbons (Fsp3) is 0.500. The first-order valence-electron chi connectivity index (χ1n) is 5.76. The van der Waals surface area contributed by atoms with Crippen molar-refractivity contribution in [3.05, 3.63) is 29.3 Å². The maximum atomic E-state index is 11.9. The molecule has 18 heavy (non-hydrogen) atoms. The van der Waals surface area contributed by atoms with Gasteiger partial charge in [-0.25, -0.2) is 13.1 Å². The number of benzene rings is 1. The quantitative estimate of drug-likeness (QED) is 0.843. The van der Waals surface area contributed by atoms with E-state index in [9.17, 15) is 13.5 Å². The molecule has 0 aliphatic rings. The highest BCUT2D eigenvalue weighted by Crippen LogP contribution is 2.15. The van der Waals surface area contributed by atoms with Crippen molar-refractivity contribution in [2.75, 3.05) is 6.54 Å². The number of hydrogen-bond donors (Lipinski definition) is 2. The molecule has 2 N–H and O–H groups in total. The molecule has 4 nitrogen and oxygen atoms in total. The molecule has 1 rings (SSSR count). The molecule has 0 aromatic heterocycles.